The predicted molar refractivity (Wildman–Crippen MR) is 286 cm³/mol. The molecule has 0 unspecified atom stereocenters. The SMILES string of the molecule is CCCN(CCC)P(Br)(N(CCC)CCC)(N(CCC)CCC)N(CCC)CCC.CCCN(CCC)P(Cl)(N(CCC)CCC)(N(CCC)CCC)N(CCC)CCC. The van der Waals surface area contributed by atoms with Gasteiger partial charge >= 0.3 is 395 Å². The van der Waals surface area contributed by atoms with Crippen molar-refractivity contribution in [3.8, 4) is 0 Å². The third kappa shape index (κ3) is 15.7. The van der Waals surface area contributed by atoms with Crippen LogP contribution < -0.4 is 0 Å². The minimum atomic E-state index is -3.20. The van der Waals surface area contributed by atoms with E-state index < -0.39 is 12.5 Å². The molecule has 0 heterocycles. The monoisotopic (exact) mass is 977 g/mol. The molecule has 0 aliphatic rings. The number of hydrogen-bond acceptors (Lipinski definition) is 8. The molecule has 8 nitrogen and oxygen atoms in total. The Kier molecular flexibility index (Phi) is 37.5. The van der Waals surface area contributed by atoms with Crippen LogP contribution in [0.5, 0.6) is 0 Å². The molecule has 0 bridgehead atoms. The van der Waals surface area contributed by atoms with E-state index in [1.54, 1.807) is 0 Å². The molecule has 0 N–H and O–H groups in total. The fraction of sp³-hybridized carbons (Fsp3) is 1.00. The first kappa shape index (κ1) is 63.4. The van der Waals surface area contributed by atoms with Gasteiger partial charge in [0.2, 0.25) is 0 Å². The molecule has 0 aromatic rings. The van der Waals surface area contributed by atoms with E-state index in [1.807, 2.05) is 0 Å². The van der Waals surface area contributed by atoms with Crippen LogP contribution in [0, 0.1) is 0 Å². The summed E-state index contributed by atoms with van der Waals surface area (Å²) in [5, 5.41) is 0. The van der Waals surface area contributed by atoms with Crippen LogP contribution in [-0.2, 0) is 0 Å². The van der Waals surface area contributed by atoms with Gasteiger partial charge in [-0.25, -0.2) is 0 Å². The van der Waals surface area contributed by atoms with Crippen LogP contribution in [0.15, 0.2) is 0 Å². The van der Waals surface area contributed by atoms with Crippen LogP contribution >= 0.6 is 39.2 Å². The van der Waals surface area contributed by atoms with Gasteiger partial charge in [-0.15, -0.1) is 0 Å². The van der Waals surface area contributed by atoms with Gasteiger partial charge in [0.15, 0.2) is 0 Å². The molecule has 0 aliphatic heterocycles. The molecule has 12 heteroatoms. The molecule has 0 fully saturated rings. The van der Waals surface area contributed by atoms with Crippen molar-refractivity contribution < 1.29 is 0 Å². The second kappa shape index (κ2) is 35.5. The van der Waals surface area contributed by atoms with Crippen LogP contribution in [-0.4, -0.2) is 142 Å². The third-order valence-corrected chi connectivity index (χ3v) is 30.5. The van der Waals surface area contributed by atoms with Crippen LogP contribution in [0.2, 0.25) is 0 Å². The maximum absolute atomic E-state index is 8.53. The number of hydrogen-bond donors (Lipinski definition) is 0. The Morgan fingerprint density at radius 1 is 0.233 bits per heavy atom. The molecule has 0 aliphatic carbocycles. The van der Waals surface area contributed by atoms with Crippen molar-refractivity contribution in [2.75, 3.05) is 105 Å². The molecule has 0 aromatic heterocycles. The Labute approximate surface area is 392 Å². The fourth-order valence-electron chi connectivity index (χ4n) is 9.92. The molecule has 60 heavy (non-hydrogen) atoms. The maximum atomic E-state index is 8.53. The summed E-state index contributed by atoms with van der Waals surface area (Å²) in [4.78, 5) is 0. The van der Waals surface area contributed by atoms with E-state index in [1.165, 1.54) is 51.4 Å². The van der Waals surface area contributed by atoms with Crippen molar-refractivity contribution in [1.82, 2.24) is 37.4 Å². The van der Waals surface area contributed by atoms with Crippen molar-refractivity contribution in [3.05, 3.63) is 0 Å². The Morgan fingerprint density at radius 3 is 0.433 bits per heavy atom. The number of halogens is 2. The van der Waals surface area contributed by atoms with E-state index >= 15 is 0 Å². The van der Waals surface area contributed by atoms with Gasteiger partial charge in [0.25, 0.3) is 0 Å². The standard InChI is InChI=1S/C24H56BrN4P.C24H56ClN4P/c2*1-9-17-26(18-10-2)30(25,27(19-11-3)20-12-4,28(21-13-5)22-14-6)29(23-15-7)24-16-8/h2*9-24H2,1-8H3. The van der Waals surface area contributed by atoms with Crippen LogP contribution in [0.3, 0.4) is 0 Å². The first-order valence-electron chi connectivity index (χ1n) is 26.3. The van der Waals surface area contributed by atoms with E-state index in [0.717, 1.165) is 156 Å². The molecular weight excluding hydrogens is 866 g/mol. The summed E-state index contributed by atoms with van der Waals surface area (Å²) in [5.74, 6) is -2.86. The van der Waals surface area contributed by atoms with Crippen LogP contribution in [0.4, 0.5) is 0 Å². The second-order valence-electron chi connectivity index (χ2n) is 17.3. The first-order valence-corrected chi connectivity index (χ1v) is 33.3. The van der Waals surface area contributed by atoms with Gasteiger partial charge in [0, 0.05) is 0 Å². The topological polar surface area (TPSA) is 25.9 Å². The van der Waals surface area contributed by atoms with E-state index in [2.05, 4.69) is 148 Å². The zero-order valence-corrected chi connectivity index (χ0v) is 48.0. The Morgan fingerprint density at radius 2 is 0.333 bits per heavy atom. The normalized spacial score (nSPS) is 14.2. The summed E-state index contributed by atoms with van der Waals surface area (Å²) in [6.07, 6.45) is 18.8. The van der Waals surface area contributed by atoms with Gasteiger partial charge in [-0.3, -0.25) is 0 Å². The zero-order chi connectivity index (χ0) is 46.1. The number of rotatable bonds is 40. The summed E-state index contributed by atoms with van der Waals surface area (Å²) < 4.78 is 22.8. The van der Waals surface area contributed by atoms with Gasteiger partial charge < -0.3 is 0 Å². The van der Waals surface area contributed by atoms with Crippen molar-refractivity contribution in [3.63, 3.8) is 0 Å². The van der Waals surface area contributed by atoms with Gasteiger partial charge in [-0.2, -0.15) is 0 Å². The molecular formula is C48H112BrClN8P2. The van der Waals surface area contributed by atoms with Gasteiger partial charge in [-0.1, -0.05) is 0 Å². The zero-order valence-electron chi connectivity index (χ0n) is 43.9. The van der Waals surface area contributed by atoms with E-state index in [0.29, 0.717) is 0 Å². The molecule has 0 saturated carbocycles. The van der Waals surface area contributed by atoms with Crippen molar-refractivity contribution in [2.45, 2.75) is 214 Å². The predicted octanol–water partition coefficient (Wildman–Crippen LogP) is 15.8. The average Bonchev–Trinajstić information content (AvgIpc) is 3.23. The van der Waals surface area contributed by atoms with Crippen molar-refractivity contribution >= 4 is 39.2 Å². The van der Waals surface area contributed by atoms with Crippen molar-refractivity contribution in [2.24, 2.45) is 0 Å². The second-order valence-corrected chi connectivity index (χ2v) is 30.8. The first-order chi connectivity index (χ1) is 28.8. The van der Waals surface area contributed by atoms with Crippen LogP contribution in [0.1, 0.15) is 214 Å². The Balaban J connectivity index is 0. The molecule has 0 radical (unpaired) electrons. The van der Waals surface area contributed by atoms with E-state index in [-0.39, 0.29) is 0 Å². The van der Waals surface area contributed by atoms with E-state index in [4.69, 9.17) is 26.7 Å². The quantitative estimate of drug-likeness (QED) is 0.0561. The molecule has 0 aromatic carbocycles. The molecule has 0 rings (SSSR count). The number of nitrogens with zero attached hydrogens (tertiary/aromatic N) is 8. The van der Waals surface area contributed by atoms with Crippen molar-refractivity contribution in [1.29, 1.82) is 0 Å². The summed E-state index contributed by atoms with van der Waals surface area (Å²) >= 11 is 13.3. The summed E-state index contributed by atoms with van der Waals surface area (Å²) in [6, 6.07) is 0. The summed E-state index contributed by atoms with van der Waals surface area (Å²) in [7, 11) is 0. The molecule has 0 atom stereocenters. The summed E-state index contributed by atoms with van der Waals surface area (Å²) in [6.45, 7) is 52.1. The van der Waals surface area contributed by atoms with Gasteiger partial charge in [0.1, 0.15) is 0 Å². The molecule has 368 valence electrons. The van der Waals surface area contributed by atoms with Crippen LogP contribution in [0.25, 0.3) is 0 Å². The van der Waals surface area contributed by atoms with Gasteiger partial charge in [-0.05, 0) is 0 Å². The average molecular weight is 979 g/mol. The molecule has 0 amide bonds. The van der Waals surface area contributed by atoms with Gasteiger partial charge in [0.05, 0.1) is 0 Å². The Hall–Kier alpha value is 1.31. The molecule has 0 spiro atoms. The fourth-order valence-corrected chi connectivity index (χ4v) is 28.5. The summed E-state index contributed by atoms with van der Waals surface area (Å²) in [5.41, 5.74) is 0. The van der Waals surface area contributed by atoms with E-state index in [9.17, 15) is 0 Å². The molecule has 0 saturated heterocycles. The minimum absolute atomic E-state index is 1.08. The third-order valence-electron chi connectivity index (χ3n) is 11.6. The Bertz CT molecular complexity index is 727.